The third kappa shape index (κ3) is 6.84. The first-order chi connectivity index (χ1) is 8.58. The van der Waals surface area contributed by atoms with Crippen LogP contribution in [0.2, 0.25) is 0 Å². The van der Waals surface area contributed by atoms with E-state index in [9.17, 15) is 9.90 Å². The van der Waals surface area contributed by atoms with Crippen LogP contribution in [0.25, 0.3) is 0 Å². The maximum absolute atomic E-state index is 11.6. The molecule has 0 heterocycles. The lowest BCUT2D eigenvalue weighted by molar-refractivity contribution is 0.117. The first-order valence-corrected chi connectivity index (χ1v) is 7.30. The number of hydrogen-bond acceptors (Lipinski definition) is 2. The molecule has 0 saturated heterocycles. The Morgan fingerprint density at radius 1 is 1.22 bits per heavy atom. The number of hydrogen-bond donors (Lipinski definition) is 3. The van der Waals surface area contributed by atoms with Gasteiger partial charge in [0.1, 0.15) is 0 Å². The third-order valence-corrected chi connectivity index (χ3v) is 3.53. The highest BCUT2D eigenvalue weighted by atomic mass is 16.3. The zero-order chi connectivity index (χ0) is 13.4. The highest BCUT2D eigenvalue weighted by Gasteiger charge is 2.20. The fourth-order valence-electron chi connectivity index (χ4n) is 2.34. The zero-order valence-electron chi connectivity index (χ0n) is 11.7. The summed E-state index contributed by atoms with van der Waals surface area (Å²) in [7, 11) is 0. The van der Waals surface area contributed by atoms with Gasteiger partial charge in [0.2, 0.25) is 0 Å². The summed E-state index contributed by atoms with van der Waals surface area (Å²) in [6.45, 7) is 5.20. The second-order valence-electron chi connectivity index (χ2n) is 5.80. The molecular formula is C14H28N2O2. The van der Waals surface area contributed by atoms with Crippen molar-refractivity contribution < 1.29 is 9.90 Å². The molecule has 18 heavy (non-hydrogen) atoms. The van der Waals surface area contributed by atoms with Crippen molar-refractivity contribution in [3.05, 3.63) is 0 Å². The van der Waals surface area contributed by atoms with Gasteiger partial charge in [0, 0.05) is 12.6 Å². The lowest BCUT2D eigenvalue weighted by Crippen LogP contribution is -2.44. The number of carbonyl (C=O) groups is 1. The number of carbonyl (C=O) groups excluding carboxylic acids is 1. The molecule has 1 rings (SSSR count). The molecule has 0 unspecified atom stereocenters. The minimum Gasteiger partial charge on any atom is -0.393 e. The predicted octanol–water partition coefficient (Wildman–Crippen LogP) is 2.42. The van der Waals surface area contributed by atoms with Crippen molar-refractivity contribution in [2.75, 3.05) is 6.54 Å². The quantitative estimate of drug-likeness (QED) is 0.639. The molecule has 0 radical (unpaired) electrons. The first-order valence-electron chi connectivity index (χ1n) is 7.30. The van der Waals surface area contributed by atoms with Crippen LogP contribution in [0.5, 0.6) is 0 Å². The van der Waals surface area contributed by atoms with Gasteiger partial charge in [0.15, 0.2) is 0 Å². The van der Waals surface area contributed by atoms with Gasteiger partial charge in [0.25, 0.3) is 0 Å². The molecule has 1 saturated carbocycles. The molecule has 1 fully saturated rings. The van der Waals surface area contributed by atoms with Crippen LogP contribution >= 0.6 is 0 Å². The van der Waals surface area contributed by atoms with Crippen LogP contribution in [0, 0.1) is 5.92 Å². The summed E-state index contributed by atoms with van der Waals surface area (Å²) in [5.41, 5.74) is 0. The Bertz CT molecular complexity index is 236. The van der Waals surface area contributed by atoms with Gasteiger partial charge in [-0.25, -0.2) is 4.79 Å². The standard InChI is InChI=1S/C14H28N2O2/c1-11(2)5-3-4-10-15-14(18)16-12-6-8-13(17)9-7-12/h11-13,17H,3-10H2,1-2H3,(H2,15,16,18). The van der Waals surface area contributed by atoms with Crippen molar-refractivity contribution in [3.8, 4) is 0 Å². The van der Waals surface area contributed by atoms with Crippen LogP contribution in [-0.4, -0.2) is 29.8 Å². The molecule has 106 valence electrons. The van der Waals surface area contributed by atoms with E-state index in [0.717, 1.165) is 44.6 Å². The van der Waals surface area contributed by atoms with E-state index in [1.54, 1.807) is 0 Å². The number of nitrogens with one attached hydrogen (secondary N) is 2. The third-order valence-electron chi connectivity index (χ3n) is 3.53. The Balaban J connectivity index is 2.00. The summed E-state index contributed by atoms with van der Waals surface area (Å²) in [5, 5.41) is 15.3. The first kappa shape index (κ1) is 15.3. The van der Waals surface area contributed by atoms with Gasteiger partial charge >= 0.3 is 6.03 Å². The molecule has 0 spiro atoms. The van der Waals surface area contributed by atoms with Gasteiger partial charge in [-0.05, 0) is 38.0 Å². The monoisotopic (exact) mass is 256 g/mol. The fraction of sp³-hybridized carbons (Fsp3) is 0.929. The Morgan fingerprint density at radius 2 is 1.89 bits per heavy atom. The number of aliphatic hydroxyl groups excluding tert-OH is 1. The highest BCUT2D eigenvalue weighted by molar-refractivity contribution is 5.74. The molecule has 4 heteroatoms. The van der Waals surface area contributed by atoms with Crippen molar-refractivity contribution in [1.82, 2.24) is 10.6 Å². The van der Waals surface area contributed by atoms with Gasteiger partial charge in [-0.1, -0.05) is 26.7 Å². The van der Waals surface area contributed by atoms with E-state index in [0.29, 0.717) is 0 Å². The molecule has 0 bridgehead atoms. The number of unbranched alkanes of at least 4 members (excludes halogenated alkanes) is 1. The van der Waals surface area contributed by atoms with Gasteiger partial charge in [-0.2, -0.15) is 0 Å². The van der Waals surface area contributed by atoms with Gasteiger partial charge in [-0.3, -0.25) is 0 Å². The smallest absolute Gasteiger partial charge is 0.315 e. The molecule has 0 aromatic carbocycles. The topological polar surface area (TPSA) is 61.4 Å². The average molecular weight is 256 g/mol. The summed E-state index contributed by atoms with van der Waals surface area (Å²) >= 11 is 0. The van der Waals surface area contributed by atoms with E-state index in [2.05, 4.69) is 24.5 Å². The van der Waals surface area contributed by atoms with Gasteiger partial charge in [0.05, 0.1) is 6.10 Å². The Kier molecular flexibility index (Phi) is 7.09. The van der Waals surface area contributed by atoms with E-state index >= 15 is 0 Å². The van der Waals surface area contributed by atoms with Crippen LogP contribution in [0.15, 0.2) is 0 Å². The zero-order valence-corrected chi connectivity index (χ0v) is 11.7. The maximum Gasteiger partial charge on any atom is 0.315 e. The molecule has 4 nitrogen and oxygen atoms in total. The van der Waals surface area contributed by atoms with Crippen LogP contribution in [0.1, 0.15) is 58.8 Å². The number of aliphatic hydroxyl groups is 1. The summed E-state index contributed by atoms with van der Waals surface area (Å²) in [6.07, 6.45) is 6.68. The van der Waals surface area contributed by atoms with Crippen molar-refractivity contribution in [3.63, 3.8) is 0 Å². The van der Waals surface area contributed by atoms with Crippen LogP contribution in [0.3, 0.4) is 0 Å². The van der Waals surface area contributed by atoms with Crippen LogP contribution < -0.4 is 10.6 Å². The summed E-state index contributed by atoms with van der Waals surface area (Å²) < 4.78 is 0. The van der Waals surface area contributed by atoms with Crippen molar-refractivity contribution in [2.24, 2.45) is 5.92 Å². The second-order valence-corrected chi connectivity index (χ2v) is 5.80. The normalized spacial score (nSPS) is 24.0. The SMILES string of the molecule is CC(C)CCCCNC(=O)NC1CCC(O)CC1. The fourth-order valence-corrected chi connectivity index (χ4v) is 2.34. The Labute approximate surface area is 111 Å². The lowest BCUT2D eigenvalue weighted by atomic mass is 9.93. The van der Waals surface area contributed by atoms with Crippen molar-refractivity contribution in [2.45, 2.75) is 70.9 Å². The molecule has 1 aliphatic rings. The summed E-state index contributed by atoms with van der Waals surface area (Å²) in [6, 6.07) is 0.185. The van der Waals surface area contributed by atoms with Crippen LogP contribution in [0.4, 0.5) is 4.79 Å². The predicted molar refractivity (Wildman–Crippen MR) is 73.5 cm³/mol. The number of urea groups is 1. The molecule has 2 amide bonds. The minimum absolute atomic E-state index is 0.0547. The summed E-state index contributed by atoms with van der Waals surface area (Å²) in [5.74, 6) is 0.743. The molecule has 1 aliphatic carbocycles. The molecular weight excluding hydrogens is 228 g/mol. The molecule has 0 aromatic heterocycles. The van der Waals surface area contributed by atoms with E-state index in [-0.39, 0.29) is 18.2 Å². The lowest BCUT2D eigenvalue weighted by Gasteiger charge is -2.26. The molecule has 3 N–H and O–H groups in total. The second kappa shape index (κ2) is 8.35. The average Bonchev–Trinajstić information content (AvgIpc) is 2.31. The molecule has 0 atom stereocenters. The van der Waals surface area contributed by atoms with Crippen molar-refractivity contribution >= 4 is 6.03 Å². The van der Waals surface area contributed by atoms with E-state index in [4.69, 9.17) is 0 Å². The molecule has 0 aliphatic heterocycles. The Morgan fingerprint density at radius 3 is 2.50 bits per heavy atom. The summed E-state index contributed by atoms with van der Waals surface area (Å²) in [4.78, 5) is 11.6. The van der Waals surface area contributed by atoms with Gasteiger partial charge in [-0.15, -0.1) is 0 Å². The van der Waals surface area contributed by atoms with Gasteiger partial charge < -0.3 is 15.7 Å². The van der Waals surface area contributed by atoms with Crippen molar-refractivity contribution in [1.29, 1.82) is 0 Å². The largest absolute Gasteiger partial charge is 0.393 e. The van der Waals surface area contributed by atoms with Crippen LogP contribution in [-0.2, 0) is 0 Å². The number of amides is 2. The minimum atomic E-state index is -0.165. The number of rotatable bonds is 6. The molecule has 0 aromatic rings. The highest BCUT2D eigenvalue weighted by Crippen LogP contribution is 2.18. The Hall–Kier alpha value is -0.770. The van der Waals surface area contributed by atoms with E-state index < -0.39 is 0 Å². The maximum atomic E-state index is 11.6. The van der Waals surface area contributed by atoms with E-state index in [1.165, 1.54) is 12.8 Å². The van der Waals surface area contributed by atoms with E-state index in [1.807, 2.05) is 0 Å².